The van der Waals surface area contributed by atoms with Gasteiger partial charge >= 0.3 is 0 Å². The van der Waals surface area contributed by atoms with Crippen LogP contribution < -0.4 is 15.2 Å². The van der Waals surface area contributed by atoms with Crippen LogP contribution in [0.2, 0.25) is 5.02 Å². The van der Waals surface area contributed by atoms with Crippen molar-refractivity contribution in [2.24, 2.45) is 10.6 Å². The van der Waals surface area contributed by atoms with Crippen molar-refractivity contribution in [3.63, 3.8) is 0 Å². The van der Waals surface area contributed by atoms with Crippen LogP contribution in [0.3, 0.4) is 0 Å². The molecule has 0 radical (unpaired) electrons. The topological polar surface area (TPSA) is 129 Å². The van der Waals surface area contributed by atoms with E-state index in [0.717, 1.165) is 12.1 Å². The second-order valence-electron chi connectivity index (χ2n) is 7.99. The SMILES string of the molecule is NS(=O)(=O)c1ccc(C(=O)CC23CC(NC(=O)COc4ccc(Cl)c(F)c4)(C2)C3)o1. The highest BCUT2D eigenvalue weighted by Crippen LogP contribution is 2.69. The molecule has 3 fully saturated rings. The van der Waals surface area contributed by atoms with E-state index in [1.165, 1.54) is 18.2 Å². The second-order valence-corrected chi connectivity index (χ2v) is 9.89. The van der Waals surface area contributed by atoms with E-state index >= 15 is 0 Å². The number of amides is 1. The maximum atomic E-state index is 13.4. The minimum absolute atomic E-state index is 0.0315. The first-order valence-electron chi connectivity index (χ1n) is 9.04. The predicted octanol–water partition coefficient (Wildman–Crippen LogP) is 2.41. The van der Waals surface area contributed by atoms with E-state index in [0.29, 0.717) is 19.3 Å². The van der Waals surface area contributed by atoms with Gasteiger partial charge in [0.15, 0.2) is 18.2 Å². The number of carbonyl (C=O) groups is 2. The lowest BCUT2D eigenvalue weighted by molar-refractivity contribution is -0.164. The molecule has 3 aliphatic carbocycles. The fourth-order valence-corrected chi connectivity index (χ4v) is 5.00. The molecule has 30 heavy (non-hydrogen) atoms. The number of ketones is 1. The highest BCUT2D eigenvalue weighted by Gasteiger charge is 2.68. The molecule has 3 saturated carbocycles. The quantitative estimate of drug-likeness (QED) is 0.587. The zero-order valence-electron chi connectivity index (χ0n) is 15.6. The molecule has 1 aromatic heterocycles. The van der Waals surface area contributed by atoms with Gasteiger partial charge in [-0.3, -0.25) is 9.59 Å². The van der Waals surface area contributed by atoms with E-state index in [1.54, 1.807) is 0 Å². The number of nitrogens with two attached hydrogens (primary N) is 1. The molecule has 160 valence electrons. The largest absolute Gasteiger partial charge is 0.484 e. The molecule has 1 heterocycles. The molecule has 0 spiro atoms. The van der Waals surface area contributed by atoms with Crippen molar-refractivity contribution in [1.29, 1.82) is 0 Å². The summed E-state index contributed by atoms with van der Waals surface area (Å²) in [7, 11) is -4.00. The van der Waals surface area contributed by atoms with Gasteiger partial charge in [-0.1, -0.05) is 11.6 Å². The summed E-state index contributed by atoms with van der Waals surface area (Å²) < 4.78 is 46.2. The number of primary sulfonamides is 1. The van der Waals surface area contributed by atoms with E-state index < -0.39 is 20.9 Å². The van der Waals surface area contributed by atoms with Crippen molar-refractivity contribution in [2.75, 3.05) is 6.61 Å². The molecular weight excluding hydrogens is 439 g/mol. The third kappa shape index (κ3) is 3.94. The number of furan rings is 1. The Morgan fingerprint density at radius 2 is 1.93 bits per heavy atom. The molecule has 5 rings (SSSR count). The Morgan fingerprint density at radius 1 is 1.23 bits per heavy atom. The Hall–Kier alpha value is -2.43. The van der Waals surface area contributed by atoms with Gasteiger partial charge in [0.1, 0.15) is 11.6 Å². The van der Waals surface area contributed by atoms with E-state index in [2.05, 4.69) is 5.32 Å². The third-order valence-electron chi connectivity index (χ3n) is 5.48. The monoisotopic (exact) mass is 456 g/mol. The van der Waals surface area contributed by atoms with Gasteiger partial charge in [0.2, 0.25) is 5.09 Å². The molecule has 2 aromatic rings. The van der Waals surface area contributed by atoms with Crippen molar-refractivity contribution in [1.82, 2.24) is 5.32 Å². The van der Waals surface area contributed by atoms with Crippen LogP contribution in [-0.2, 0) is 14.8 Å². The smallest absolute Gasteiger partial charge is 0.271 e. The lowest BCUT2D eigenvalue weighted by Crippen LogP contribution is -2.75. The van der Waals surface area contributed by atoms with Gasteiger partial charge in [-0.15, -0.1) is 0 Å². The summed E-state index contributed by atoms with van der Waals surface area (Å²) in [5.74, 6) is -1.13. The van der Waals surface area contributed by atoms with Crippen molar-refractivity contribution in [3.05, 3.63) is 46.9 Å². The zero-order valence-corrected chi connectivity index (χ0v) is 17.2. The number of hydrogen-bond acceptors (Lipinski definition) is 6. The molecule has 0 atom stereocenters. The van der Waals surface area contributed by atoms with Gasteiger partial charge in [0.05, 0.1) is 5.02 Å². The molecule has 8 nitrogen and oxygen atoms in total. The summed E-state index contributed by atoms with van der Waals surface area (Å²) in [6.45, 7) is -0.266. The molecule has 11 heteroatoms. The summed E-state index contributed by atoms with van der Waals surface area (Å²) in [6.07, 6.45) is 2.10. The van der Waals surface area contributed by atoms with Gasteiger partial charge in [0, 0.05) is 18.0 Å². The minimum atomic E-state index is -4.00. The molecule has 1 amide bonds. The molecule has 2 bridgehead atoms. The first kappa shape index (κ1) is 20.8. The molecular formula is C19H18ClFN2O6S. The zero-order chi connectivity index (χ0) is 21.7. The number of ether oxygens (including phenoxy) is 1. The van der Waals surface area contributed by atoms with E-state index in [1.807, 2.05) is 0 Å². The van der Waals surface area contributed by atoms with Crippen LogP contribution in [-0.4, -0.2) is 32.3 Å². The Balaban J connectivity index is 1.25. The molecule has 0 unspecified atom stereocenters. The first-order chi connectivity index (χ1) is 14.0. The van der Waals surface area contributed by atoms with E-state index in [4.69, 9.17) is 25.9 Å². The average Bonchev–Trinajstić information content (AvgIpc) is 3.10. The van der Waals surface area contributed by atoms with Gasteiger partial charge in [-0.25, -0.2) is 17.9 Å². The summed E-state index contributed by atoms with van der Waals surface area (Å²) >= 11 is 5.60. The molecule has 0 aliphatic heterocycles. The lowest BCUT2D eigenvalue weighted by Gasteiger charge is -2.70. The Labute approximate surface area is 176 Å². The summed E-state index contributed by atoms with van der Waals surface area (Å²) in [6, 6.07) is 6.36. The van der Waals surface area contributed by atoms with Crippen LogP contribution >= 0.6 is 11.6 Å². The number of benzene rings is 1. The van der Waals surface area contributed by atoms with E-state index in [-0.39, 0.29) is 52.2 Å². The number of hydrogen-bond donors (Lipinski definition) is 2. The lowest BCUT2D eigenvalue weighted by atomic mass is 9.38. The van der Waals surface area contributed by atoms with Crippen molar-refractivity contribution < 1.29 is 31.6 Å². The summed E-state index contributed by atoms with van der Waals surface area (Å²) in [5, 5.41) is 7.39. The number of rotatable bonds is 8. The second kappa shape index (κ2) is 7.07. The standard InChI is InChI=1S/C19H18ClFN2O6S/c20-12-2-1-11(5-13(12)21)28-7-16(25)23-19-8-18(9-19,10-19)6-14(24)15-3-4-17(29-15)30(22,26)27/h1-5H,6-10H2,(H,23,25)(H2,22,26,27). The fraction of sp³-hybridized carbons (Fsp3) is 0.368. The van der Waals surface area contributed by atoms with Gasteiger partial charge in [0.25, 0.3) is 15.9 Å². The maximum absolute atomic E-state index is 13.4. The minimum Gasteiger partial charge on any atom is -0.484 e. The van der Waals surface area contributed by atoms with Gasteiger partial charge in [-0.05, 0) is 48.9 Å². The maximum Gasteiger partial charge on any atom is 0.271 e. The third-order valence-corrected chi connectivity index (χ3v) is 6.56. The van der Waals surface area contributed by atoms with Crippen molar-refractivity contribution in [3.8, 4) is 5.75 Å². The highest BCUT2D eigenvalue weighted by atomic mass is 35.5. The average molecular weight is 457 g/mol. The number of carbonyl (C=O) groups excluding carboxylic acids is 2. The number of nitrogens with one attached hydrogen (secondary N) is 1. The van der Waals surface area contributed by atoms with Crippen LogP contribution in [0.5, 0.6) is 5.75 Å². The van der Waals surface area contributed by atoms with Crippen molar-refractivity contribution in [2.45, 2.75) is 36.3 Å². The number of Topliss-reactive ketones (excluding diaryl/α,β-unsaturated/α-hetero) is 1. The van der Waals surface area contributed by atoms with Crippen LogP contribution in [0.4, 0.5) is 4.39 Å². The van der Waals surface area contributed by atoms with Gasteiger partial charge < -0.3 is 14.5 Å². The first-order valence-corrected chi connectivity index (χ1v) is 11.0. The van der Waals surface area contributed by atoms with Crippen LogP contribution in [0.1, 0.15) is 36.2 Å². The van der Waals surface area contributed by atoms with Gasteiger partial charge in [-0.2, -0.15) is 0 Å². The highest BCUT2D eigenvalue weighted by molar-refractivity contribution is 7.89. The molecule has 3 aliphatic rings. The van der Waals surface area contributed by atoms with Crippen LogP contribution in [0, 0.1) is 11.2 Å². The summed E-state index contributed by atoms with van der Waals surface area (Å²) in [5.41, 5.74) is -0.583. The predicted molar refractivity (Wildman–Crippen MR) is 103 cm³/mol. The molecule has 3 N–H and O–H groups in total. The Kier molecular flexibility index (Phi) is 4.91. The number of halogens is 2. The Bertz CT molecular complexity index is 1130. The normalized spacial score (nSPS) is 24.5. The van der Waals surface area contributed by atoms with Crippen LogP contribution in [0.15, 0.2) is 39.8 Å². The number of sulfonamides is 1. The van der Waals surface area contributed by atoms with Crippen LogP contribution in [0.25, 0.3) is 0 Å². The Morgan fingerprint density at radius 3 is 2.53 bits per heavy atom. The van der Waals surface area contributed by atoms with E-state index in [9.17, 15) is 22.4 Å². The molecule has 0 saturated heterocycles. The fourth-order valence-electron chi connectivity index (χ4n) is 4.42. The van der Waals surface area contributed by atoms with Crippen molar-refractivity contribution >= 4 is 33.3 Å². The molecule has 1 aromatic carbocycles. The summed E-state index contributed by atoms with van der Waals surface area (Å²) in [4.78, 5) is 24.5.